The van der Waals surface area contributed by atoms with Gasteiger partial charge in [0, 0.05) is 12.5 Å². The normalized spacial score (nSPS) is 14.9. The van der Waals surface area contributed by atoms with E-state index in [1.807, 2.05) is 38.1 Å². The molecule has 0 saturated carbocycles. The lowest BCUT2D eigenvalue weighted by Gasteiger charge is -2.11. The van der Waals surface area contributed by atoms with Crippen LogP contribution in [0.5, 0.6) is 0 Å². The van der Waals surface area contributed by atoms with Crippen LogP contribution in [0.25, 0.3) is 11.0 Å². The Morgan fingerprint density at radius 3 is 2.78 bits per heavy atom. The Morgan fingerprint density at radius 1 is 1.33 bits per heavy atom. The van der Waals surface area contributed by atoms with Crippen LogP contribution in [-0.2, 0) is 4.74 Å². The van der Waals surface area contributed by atoms with Gasteiger partial charge in [0.25, 0.3) is 0 Å². The molecule has 1 N–H and O–H groups in total. The van der Waals surface area contributed by atoms with Crippen molar-refractivity contribution in [2.24, 2.45) is 0 Å². The average Bonchev–Trinajstić information content (AvgIpc) is 2.81. The topological polar surface area (TPSA) is 42.6 Å². The molecule has 0 bridgehead atoms. The maximum atomic E-state index is 10.1. The molecule has 0 aliphatic carbocycles. The Hall–Kier alpha value is -1.32. The fourth-order valence-corrected chi connectivity index (χ4v) is 2.05. The van der Waals surface area contributed by atoms with E-state index >= 15 is 0 Å². The molecular formula is C15H20O3. The highest BCUT2D eigenvalue weighted by molar-refractivity contribution is 5.80. The number of aliphatic hydroxyl groups excluding tert-OH is 1. The highest BCUT2D eigenvalue weighted by atomic mass is 16.5. The van der Waals surface area contributed by atoms with Gasteiger partial charge in [0.2, 0.25) is 0 Å². The van der Waals surface area contributed by atoms with Gasteiger partial charge in [-0.1, -0.05) is 18.2 Å². The van der Waals surface area contributed by atoms with Crippen LogP contribution in [0.3, 0.4) is 0 Å². The van der Waals surface area contributed by atoms with Crippen molar-refractivity contribution in [1.82, 2.24) is 0 Å². The predicted octanol–water partition coefficient (Wildman–Crippen LogP) is 3.59. The molecule has 0 fully saturated rings. The zero-order valence-electron chi connectivity index (χ0n) is 11.1. The fraction of sp³-hybridized carbons (Fsp3) is 0.467. The monoisotopic (exact) mass is 248 g/mol. The van der Waals surface area contributed by atoms with Crippen LogP contribution in [0, 0.1) is 6.92 Å². The molecule has 0 spiro atoms. The van der Waals surface area contributed by atoms with Crippen LogP contribution in [0.15, 0.2) is 28.7 Å². The molecule has 2 rings (SSSR count). The van der Waals surface area contributed by atoms with E-state index in [-0.39, 0.29) is 6.10 Å². The van der Waals surface area contributed by atoms with Gasteiger partial charge in [0.15, 0.2) is 0 Å². The quantitative estimate of drug-likeness (QED) is 0.879. The maximum Gasteiger partial charge on any atom is 0.137 e. The Balaban J connectivity index is 2.13. The summed E-state index contributed by atoms with van der Waals surface area (Å²) in [5, 5.41) is 11.2. The molecule has 3 heteroatoms. The summed E-state index contributed by atoms with van der Waals surface area (Å²) in [7, 11) is 1.68. The van der Waals surface area contributed by atoms with E-state index < -0.39 is 6.10 Å². The molecular weight excluding hydrogens is 228 g/mol. The highest BCUT2D eigenvalue weighted by Crippen LogP contribution is 2.28. The molecule has 2 atom stereocenters. The third kappa shape index (κ3) is 2.74. The molecule has 2 aromatic rings. The molecule has 18 heavy (non-hydrogen) atoms. The second kappa shape index (κ2) is 5.55. The van der Waals surface area contributed by atoms with Crippen LogP contribution in [0.1, 0.15) is 37.2 Å². The summed E-state index contributed by atoms with van der Waals surface area (Å²) in [6.45, 7) is 4.00. The number of fused-ring (bicyclic) bond motifs is 1. The third-order valence-electron chi connectivity index (χ3n) is 3.34. The summed E-state index contributed by atoms with van der Waals surface area (Å²) in [5.41, 5.74) is 1.96. The summed E-state index contributed by atoms with van der Waals surface area (Å²) in [6, 6.07) is 7.93. The Bertz CT molecular complexity index is 515. The largest absolute Gasteiger partial charge is 0.458 e. The fourth-order valence-electron chi connectivity index (χ4n) is 2.05. The Kier molecular flexibility index (Phi) is 4.04. The zero-order valence-corrected chi connectivity index (χ0v) is 11.1. The van der Waals surface area contributed by atoms with Crippen molar-refractivity contribution < 1.29 is 14.3 Å². The molecule has 0 aliphatic rings. The maximum absolute atomic E-state index is 10.1. The number of aliphatic hydroxyl groups is 1. The minimum Gasteiger partial charge on any atom is -0.458 e. The molecule has 0 aliphatic heterocycles. The molecule has 0 radical (unpaired) electrons. The van der Waals surface area contributed by atoms with Gasteiger partial charge < -0.3 is 14.3 Å². The molecule has 0 amide bonds. The smallest absolute Gasteiger partial charge is 0.137 e. The summed E-state index contributed by atoms with van der Waals surface area (Å²) in [5.74, 6) is 0.641. The first kappa shape index (κ1) is 13.1. The summed E-state index contributed by atoms with van der Waals surface area (Å²) in [4.78, 5) is 0. The highest BCUT2D eigenvalue weighted by Gasteiger charge is 2.15. The standard InChI is InChI=1S/C15H20O3/c1-10-5-4-6-12-9-14(18-15(10)12)13(16)8-7-11(2)17-3/h4-6,9,11,13,16H,7-8H2,1-3H3. The first-order chi connectivity index (χ1) is 8.61. The van der Waals surface area contributed by atoms with Gasteiger partial charge in [0.1, 0.15) is 17.4 Å². The van der Waals surface area contributed by atoms with E-state index in [2.05, 4.69) is 0 Å². The van der Waals surface area contributed by atoms with Crippen molar-refractivity contribution in [1.29, 1.82) is 0 Å². The average molecular weight is 248 g/mol. The van der Waals surface area contributed by atoms with Crippen molar-refractivity contribution in [3.8, 4) is 0 Å². The van der Waals surface area contributed by atoms with Crippen molar-refractivity contribution in [2.45, 2.75) is 38.9 Å². The number of aryl methyl sites for hydroxylation is 1. The van der Waals surface area contributed by atoms with E-state index in [1.54, 1.807) is 7.11 Å². The number of furan rings is 1. The van der Waals surface area contributed by atoms with Crippen LogP contribution in [0.2, 0.25) is 0 Å². The number of benzene rings is 1. The Labute approximate surface area is 107 Å². The number of ether oxygens (including phenoxy) is 1. The number of hydrogen-bond acceptors (Lipinski definition) is 3. The summed E-state index contributed by atoms with van der Waals surface area (Å²) < 4.78 is 10.9. The molecule has 3 nitrogen and oxygen atoms in total. The summed E-state index contributed by atoms with van der Waals surface area (Å²) in [6.07, 6.45) is 1.06. The van der Waals surface area contributed by atoms with Gasteiger partial charge in [0.05, 0.1) is 6.10 Å². The molecule has 0 saturated heterocycles. The minimum absolute atomic E-state index is 0.158. The lowest BCUT2D eigenvalue weighted by atomic mass is 10.1. The van der Waals surface area contributed by atoms with Crippen LogP contribution < -0.4 is 0 Å². The SMILES string of the molecule is COC(C)CCC(O)c1cc2cccc(C)c2o1. The molecule has 1 aromatic carbocycles. The number of methoxy groups -OCH3 is 1. The van der Waals surface area contributed by atoms with Crippen LogP contribution >= 0.6 is 0 Å². The molecule has 1 heterocycles. The van der Waals surface area contributed by atoms with E-state index in [1.165, 1.54) is 0 Å². The van der Waals surface area contributed by atoms with E-state index in [0.29, 0.717) is 12.2 Å². The van der Waals surface area contributed by atoms with E-state index in [0.717, 1.165) is 23.0 Å². The van der Waals surface area contributed by atoms with Crippen molar-refractivity contribution in [3.63, 3.8) is 0 Å². The van der Waals surface area contributed by atoms with Gasteiger partial charge >= 0.3 is 0 Å². The van der Waals surface area contributed by atoms with Crippen molar-refractivity contribution in [2.75, 3.05) is 7.11 Å². The molecule has 1 aromatic heterocycles. The first-order valence-corrected chi connectivity index (χ1v) is 6.31. The summed E-state index contributed by atoms with van der Waals surface area (Å²) >= 11 is 0. The second-order valence-corrected chi connectivity index (χ2v) is 4.78. The predicted molar refractivity (Wildman–Crippen MR) is 71.6 cm³/mol. The minimum atomic E-state index is -0.561. The van der Waals surface area contributed by atoms with Crippen LogP contribution in [0.4, 0.5) is 0 Å². The van der Waals surface area contributed by atoms with Crippen LogP contribution in [-0.4, -0.2) is 18.3 Å². The van der Waals surface area contributed by atoms with Gasteiger partial charge in [-0.05, 0) is 38.3 Å². The van der Waals surface area contributed by atoms with Crippen molar-refractivity contribution in [3.05, 3.63) is 35.6 Å². The van der Waals surface area contributed by atoms with Gasteiger partial charge in [-0.15, -0.1) is 0 Å². The third-order valence-corrected chi connectivity index (χ3v) is 3.34. The lowest BCUT2D eigenvalue weighted by Crippen LogP contribution is -2.07. The number of para-hydroxylation sites is 1. The van der Waals surface area contributed by atoms with Gasteiger partial charge in [-0.25, -0.2) is 0 Å². The second-order valence-electron chi connectivity index (χ2n) is 4.78. The van der Waals surface area contributed by atoms with Crippen molar-refractivity contribution >= 4 is 11.0 Å². The molecule has 2 unspecified atom stereocenters. The van der Waals surface area contributed by atoms with Gasteiger partial charge in [-0.2, -0.15) is 0 Å². The van der Waals surface area contributed by atoms with E-state index in [4.69, 9.17) is 9.15 Å². The van der Waals surface area contributed by atoms with E-state index in [9.17, 15) is 5.11 Å². The Morgan fingerprint density at radius 2 is 2.11 bits per heavy atom. The zero-order chi connectivity index (χ0) is 13.1. The number of rotatable bonds is 5. The lowest BCUT2D eigenvalue weighted by molar-refractivity contribution is 0.0786. The van der Waals surface area contributed by atoms with Gasteiger partial charge in [-0.3, -0.25) is 0 Å². The first-order valence-electron chi connectivity index (χ1n) is 6.31. The molecule has 98 valence electrons. The number of hydrogen-bond donors (Lipinski definition) is 1.